The number of ether oxygens (including phenoxy) is 1. The lowest BCUT2D eigenvalue weighted by molar-refractivity contribution is -0.139. The molecule has 1 aliphatic heterocycles. The highest BCUT2D eigenvalue weighted by atomic mass is 32.2. The molecule has 55 heavy (non-hydrogen) atoms. The Kier molecular flexibility index (Phi) is 14.5. The maximum Gasteiger partial charge on any atom is 0.412 e. The second-order valence-electron chi connectivity index (χ2n) is 12.8. The minimum atomic E-state index is -1.10. The Morgan fingerprint density at radius 1 is 0.727 bits per heavy atom. The molecule has 1 fully saturated rings. The second kappa shape index (κ2) is 19.9. The first-order valence-corrected chi connectivity index (χ1v) is 18.7. The zero-order valence-electron chi connectivity index (χ0n) is 29.9. The molecular formula is C40H43N7O7S. The monoisotopic (exact) mass is 765 g/mol. The van der Waals surface area contributed by atoms with Crippen LogP contribution in [0.5, 0.6) is 5.75 Å². The van der Waals surface area contributed by atoms with E-state index in [1.54, 1.807) is 66.7 Å². The minimum Gasteiger partial charge on any atom is -0.410 e. The minimum absolute atomic E-state index is 0.00379. The van der Waals surface area contributed by atoms with Gasteiger partial charge in [-0.25, -0.2) is 4.79 Å². The summed E-state index contributed by atoms with van der Waals surface area (Å²) in [5.74, 6) is -1.91. The summed E-state index contributed by atoms with van der Waals surface area (Å²) < 4.78 is 5.32. The van der Waals surface area contributed by atoms with Crippen molar-refractivity contribution < 1.29 is 33.5 Å². The van der Waals surface area contributed by atoms with Gasteiger partial charge in [0.2, 0.25) is 29.5 Å². The Bertz CT molecular complexity index is 1940. The molecule has 1 aliphatic rings. The van der Waals surface area contributed by atoms with Gasteiger partial charge in [-0.1, -0.05) is 78.9 Å². The third kappa shape index (κ3) is 12.2. The van der Waals surface area contributed by atoms with Gasteiger partial charge in [0.1, 0.15) is 11.8 Å². The second-order valence-corrected chi connectivity index (χ2v) is 14.0. The van der Waals surface area contributed by atoms with Crippen LogP contribution in [0.15, 0.2) is 115 Å². The van der Waals surface area contributed by atoms with E-state index < -0.39 is 41.3 Å². The van der Waals surface area contributed by atoms with Crippen molar-refractivity contribution >= 4 is 58.8 Å². The third-order valence-electron chi connectivity index (χ3n) is 8.55. The van der Waals surface area contributed by atoms with E-state index in [0.717, 1.165) is 22.9 Å². The number of hydrogen-bond donors (Lipinski definition) is 6. The van der Waals surface area contributed by atoms with Gasteiger partial charge < -0.3 is 37.5 Å². The largest absolute Gasteiger partial charge is 0.412 e. The molecule has 4 aromatic carbocycles. The molecule has 4 aromatic rings. The first-order valence-electron chi connectivity index (χ1n) is 17.6. The predicted octanol–water partition coefficient (Wildman–Crippen LogP) is 3.19. The molecule has 15 heteroatoms. The number of para-hydroxylation sites is 2. The quantitative estimate of drug-likeness (QED) is 0.0864. The summed E-state index contributed by atoms with van der Waals surface area (Å²) in [6, 6.07) is 30.4. The standard InChI is InChI=1S/C40H43N7O7S/c41-31(20-21-43-40(53)54-30-18-16-26(17-19-30)22-32(42)37(50)44-28-12-6-2-7-13-28)36(49)46-33(38(51)45-29-14-8-3-9-15-29)25-55-34-23-35(48)47(39(34)52)24-27-10-4-1-5-11-27/h1-19,31-34H,20-25,41-42H2,(H,43,53)(H,44,50)(H,45,51)(H,46,49)/t31-,32-,33-,34?/m0/s1. The van der Waals surface area contributed by atoms with Gasteiger partial charge in [0.15, 0.2) is 0 Å². The molecule has 5 rings (SSSR count). The van der Waals surface area contributed by atoms with Gasteiger partial charge in [-0.05, 0) is 60.4 Å². The van der Waals surface area contributed by atoms with Gasteiger partial charge in [0, 0.05) is 30.1 Å². The molecular weight excluding hydrogens is 723 g/mol. The van der Waals surface area contributed by atoms with Crippen molar-refractivity contribution in [2.75, 3.05) is 22.9 Å². The molecule has 0 radical (unpaired) electrons. The van der Waals surface area contributed by atoms with Crippen LogP contribution in [0.25, 0.3) is 0 Å². The van der Waals surface area contributed by atoms with E-state index in [4.69, 9.17) is 16.2 Å². The van der Waals surface area contributed by atoms with Crippen LogP contribution in [0.3, 0.4) is 0 Å². The summed E-state index contributed by atoms with van der Waals surface area (Å²) in [6.45, 7) is 0.141. The van der Waals surface area contributed by atoms with Crippen molar-refractivity contribution in [1.29, 1.82) is 0 Å². The van der Waals surface area contributed by atoms with Crippen molar-refractivity contribution in [2.45, 2.75) is 49.2 Å². The molecule has 8 N–H and O–H groups in total. The lowest BCUT2D eigenvalue weighted by atomic mass is 10.1. The summed E-state index contributed by atoms with van der Waals surface area (Å²) in [5, 5.41) is 10.0. The van der Waals surface area contributed by atoms with E-state index in [1.165, 1.54) is 4.90 Å². The number of carbonyl (C=O) groups excluding carboxylic acids is 6. The van der Waals surface area contributed by atoms with Crippen molar-refractivity contribution in [1.82, 2.24) is 15.5 Å². The number of rotatable bonds is 17. The van der Waals surface area contributed by atoms with Crippen LogP contribution < -0.4 is 37.5 Å². The number of likely N-dealkylation sites (tertiary alicyclic amines) is 1. The van der Waals surface area contributed by atoms with Crippen molar-refractivity contribution in [3.05, 3.63) is 126 Å². The molecule has 1 unspecified atom stereocenters. The van der Waals surface area contributed by atoms with Crippen molar-refractivity contribution in [3.63, 3.8) is 0 Å². The van der Waals surface area contributed by atoms with Crippen LogP contribution in [0.2, 0.25) is 0 Å². The number of amides is 6. The fourth-order valence-corrected chi connectivity index (χ4v) is 6.73. The maximum atomic E-state index is 13.3. The summed E-state index contributed by atoms with van der Waals surface area (Å²) in [5.41, 5.74) is 15.0. The van der Waals surface area contributed by atoms with Crippen LogP contribution in [0, 0.1) is 0 Å². The zero-order chi connectivity index (χ0) is 39.2. The number of nitrogens with zero attached hydrogens (tertiary/aromatic N) is 1. The fraction of sp³-hybridized carbons (Fsp3) is 0.250. The number of hydrogen-bond acceptors (Lipinski definition) is 10. The van der Waals surface area contributed by atoms with E-state index in [2.05, 4.69) is 21.3 Å². The average molecular weight is 766 g/mol. The van der Waals surface area contributed by atoms with Gasteiger partial charge in [0.25, 0.3) is 0 Å². The lowest BCUT2D eigenvalue weighted by Gasteiger charge is -2.22. The summed E-state index contributed by atoms with van der Waals surface area (Å²) in [6.07, 6.45) is -0.504. The molecule has 1 heterocycles. The number of nitrogens with one attached hydrogen (secondary N) is 4. The van der Waals surface area contributed by atoms with Crippen LogP contribution in [0.4, 0.5) is 16.2 Å². The molecule has 0 saturated carbocycles. The summed E-state index contributed by atoms with van der Waals surface area (Å²) >= 11 is 1.11. The number of imide groups is 1. The van der Waals surface area contributed by atoms with E-state index >= 15 is 0 Å². The molecule has 1 saturated heterocycles. The van der Waals surface area contributed by atoms with Crippen molar-refractivity contribution in [2.24, 2.45) is 11.5 Å². The van der Waals surface area contributed by atoms with E-state index in [1.807, 2.05) is 48.5 Å². The number of nitrogens with two attached hydrogens (primary N) is 2. The normalized spacial score (nSPS) is 15.4. The Labute approximate surface area is 322 Å². The Hall–Kier alpha value is -6.03. The van der Waals surface area contributed by atoms with Crippen LogP contribution in [0.1, 0.15) is 24.0 Å². The van der Waals surface area contributed by atoms with Gasteiger partial charge in [0.05, 0.1) is 23.9 Å². The number of benzene rings is 4. The molecule has 0 aromatic heterocycles. The van der Waals surface area contributed by atoms with Crippen LogP contribution >= 0.6 is 11.8 Å². The van der Waals surface area contributed by atoms with Gasteiger partial charge in [-0.15, -0.1) is 11.8 Å². The van der Waals surface area contributed by atoms with E-state index in [0.29, 0.717) is 11.4 Å². The Balaban J connectivity index is 1.08. The topological polar surface area (TPSA) is 215 Å². The highest BCUT2D eigenvalue weighted by Gasteiger charge is 2.39. The highest BCUT2D eigenvalue weighted by Crippen LogP contribution is 2.27. The molecule has 0 aliphatic carbocycles. The Morgan fingerprint density at radius 2 is 1.31 bits per heavy atom. The lowest BCUT2D eigenvalue weighted by Crippen LogP contribution is -2.52. The highest BCUT2D eigenvalue weighted by molar-refractivity contribution is 8.00. The Morgan fingerprint density at radius 3 is 1.93 bits per heavy atom. The molecule has 4 atom stereocenters. The number of thioether (sulfide) groups is 1. The number of carbonyl (C=O) groups is 6. The predicted molar refractivity (Wildman–Crippen MR) is 210 cm³/mol. The van der Waals surface area contributed by atoms with Crippen molar-refractivity contribution in [3.8, 4) is 5.75 Å². The van der Waals surface area contributed by atoms with E-state index in [9.17, 15) is 28.8 Å². The fourth-order valence-electron chi connectivity index (χ4n) is 5.54. The third-order valence-corrected chi connectivity index (χ3v) is 9.85. The maximum absolute atomic E-state index is 13.3. The molecule has 0 spiro atoms. The summed E-state index contributed by atoms with van der Waals surface area (Å²) in [7, 11) is 0. The molecule has 6 amide bonds. The summed E-state index contributed by atoms with van der Waals surface area (Å²) in [4.78, 5) is 78.5. The van der Waals surface area contributed by atoms with E-state index in [-0.39, 0.29) is 61.6 Å². The molecule has 286 valence electrons. The SMILES string of the molecule is N[C@@H](Cc1ccc(OC(=O)NCC[C@H](N)C(=O)N[C@@H](CSC2CC(=O)N(Cc3ccccc3)C2=O)C(=O)Nc2ccccc2)cc1)C(=O)Nc1ccccc1. The smallest absolute Gasteiger partial charge is 0.410 e. The molecule has 0 bridgehead atoms. The van der Waals surface area contributed by atoms with Gasteiger partial charge in [-0.3, -0.25) is 28.9 Å². The first kappa shape index (κ1) is 40.2. The van der Waals surface area contributed by atoms with Gasteiger partial charge in [-0.2, -0.15) is 0 Å². The van der Waals surface area contributed by atoms with Crippen LogP contribution in [-0.4, -0.2) is 76.2 Å². The van der Waals surface area contributed by atoms with Gasteiger partial charge >= 0.3 is 6.09 Å². The zero-order valence-corrected chi connectivity index (χ0v) is 30.7. The molecule has 14 nitrogen and oxygen atoms in total. The first-order chi connectivity index (χ1) is 26.5. The van der Waals surface area contributed by atoms with Crippen LogP contribution in [-0.2, 0) is 36.9 Å². The average Bonchev–Trinajstić information content (AvgIpc) is 3.45. The number of anilines is 2.